The summed E-state index contributed by atoms with van der Waals surface area (Å²) in [5, 5.41) is 17.1. The molecule has 0 fully saturated rings. The lowest BCUT2D eigenvalue weighted by molar-refractivity contribution is 0.0689. The smallest absolute Gasteiger partial charge is 0.356 e. The largest absolute Gasteiger partial charge is 0.476 e. The van der Waals surface area contributed by atoms with Crippen molar-refractivity contribution in [3.8, 4) is 0 Å². The number of hydrogen-bond acceptors (Lipinski definition) is 3. The molecule has 0 saturated carbocycles. The van der Waals surface area contributed by atoms with E-state index in [9.17, 15) is 4.79 Å². The summed E-state index contributed by atoms with van der Waals surface area (Å²) in [7, 11) is 1.87. The van der Waals surface area contributed by atoms with Crippen LogP contribution in [0.25, 0.3) is 0 Å². The number of nitrogens with zero attached hydrogens (tertiary/aromatic N) is 4. The van der Waals surface area contributed by atoms with Crippen molar-refractivity contribution in [1.29, 1.82) is 0 Å². The predicted octanol–water partition coefficient (Wildman–Crippen LogP) is 0.925. The number of aromatic carboxylic acids is 1. The predicted molar refractivity (Wildman–Crippen MR) is 60.9 cm³/mol. The first-order valence-electron chi connectivity index (χ1n) is 5.38. The molecule has 0 aliphatic rings. The molecule has 0 radical (unpaired) electrons. The first-order valence-corrected chi connectivity index (χ1v) is 5.38. The van der Waals surface area contributed by atoms with Crippen LogP contribution in [0.2, 0.25) is 0 Å². The van der Waals surface area contributed by atoms with Crippen molar-refractivity contribution in [2.45, 2.75) is 19.9 Å². The van der Waals surface area contributed by atoms with E-state index < -0.39 is 5.97 Å². The third-order valence-electron chi connectivity index (χ3n) is 2.57. The quantitative estimate of drug-likeness (QED) is 0.854. The highest BCUT2D eigenvalue weighted by Gasteiger charge is 2.09. The summed E-state index contributed by atoms with van der Waals surface area (Å²) in [6.07, 6.45) is 2.54. The van der Waals surface area contributed by atoms with E-state index in [0.29, 0.717) is 6.54 Å². The molecule has 0 atom stereocenters. The van der Waals surface area contributed by atoms with Gasteiger partial charge in [-0.15, -0.1) is 0 Å². The third-order valence-corrected chi connectivity index (χ3v) is 2.57. The average molecular weight is 234 g/mol. The number of hydrogen-bond donors (Lipinski definition) is 1. The van der Waals surface area contributed by atoms with Gasteiger partial charge in [0.15, 0.2) is 5.69 Å². The standard InChI is InChI=1S/C11H14N4O2/c1-3-8-6-9(14(2)12-8)7-15-5-4-10(13-15)11(16)17/h4-6H,3,7H2,1-2H3,(H,16,17). The van der Waals surface area contributed by atoms with Gasteiger partial charge in [-0.2, -0.15) is 10.2 Å². The van der Waals surface area contributed by atoms with Crippen LogP contribution in [0.4, 0.5) is 0 Å². The summed E-state index contributed by atoms with van der Waals surface area (Å²) < 4.78 is 3.39. The Balaban J connectivity index is 2.19. The number of aryl methyl sites for hydroxylation is 2. The van der Waals surface area contributed by atoms with Crippen LogP contribution in [0.5, 0.6) is 0 Å². The number of carbonyl (C=O) groups is 1. The second-order valence-corrected chi connectivity index (χ2v) is 3.81. The molecule has 2 aromatic rings. The Bertz CT molecular complexity index is 541. The first-order chi connectivity index (χ1) is 8.10. The van der Waals surface area contributed by atoms with Crippen LogP contribution in [0.1, 0.15) is 28.8 Å². The Morgan fingerprint density at radius 1 is 1.47 bits per heavy atom. The maximum atomic E-state index is 10.7. The number of aromatic nitrogens is 4. The van der Waals surface area contributed by atoms with E-state index in [1.54, 1.807) is 15.6 Å². The third kappa shape index (κ3) is 2.35. The number of carboxylic acid groups (broad SMARTS) is 1. The minimum absolute atomic E-state index is 0.0582. The second-order valence-electron chi connectivity index (χ2n) is 3.81. The lowest BCUT2D eigenvalue weighted by atomic mass is 10.3. The maximum absolute atomic E-state index is 10.7. The highest BCUT2D eigenvalue weighted by Crippen LogP contribution is 2.06. The van der Waals surface area contributed by atoms with E-state index in [1.165, 1.54) is 6.07 Å². The lowest BCUT2D eigenvalue weighted by Crippen LogP contribution is -2.07. The lowest BCUT2D eigenvalue weighted by Gasteiger charge is -2.01. The molecule has 0 unspecified atom stereocenters. The Morgan fingerprint density at radius 2 is 2.24 bits per heavy atom. The second kappa shape index (κ2) is 4.40. The van der Waals surface area contributed by atoms with Crippen molar-refractivity contribution in [1.82, 2.24) is 19.6 Å². The molecule has 2 rings (SSSR count). The fourth-order valence-corrected chi connectivity index (χ4v) is 1.62. The van der Waals surface area contributed by atoms with Gasteiger partial charge in [-0.05, 0) is 18.6 Å². The Kier molecular flexibility index (Phi) is 2.95. The van der Waals surface area contributed by atoms with Gasteiger partial charge in [0.05, 0.1) is 17.9 Å². The van der Waals surface area contributed by atoms with E-state index in [2.05, 4.69) is 10.2 Å². The summed E-state index contributed by atoms with van der Waals surface area (Å²) in [5.74, 6) is -1.01. The number of rotatable bonds is 4. The van der Waals surface area contributed by atoms with Crippen LogP contribution in [-0.2, 0) is 20.0 Å². The molecule has 0 saturated heterocycles. The van der Waals surface area contributed by atoms with Gasteiger partial charge in [0.25, 0.3) is 0 Å². The van der Waals surface area contributed by atoms with Gasteiger partial charge in [0.2, 0.25) is 0 Å². The molecule has 0 aromatic carbocycles. The van der Waals surface area contributed by atoms with Crippen molar-refractivity contribution in [2.24, 2.45) is 7.05 Å². The highest BCUT2D eigenvalue weighted by molar-refractivity contribution is 5.85. The number of carboxylic acids is 1. The molecule has 0 aliphatic heterocycles. The molecule has 0 aliphatic carbocycles. The molecular weight excluding hydrogens is 220 g/mol. The minimum Gasteiger partial charge on any atom is -0.476 e. The van der Waals surface area contributed by atoms with Gasteiger partial charge in [-0.3, -0.25) is 9.36 Å². The zero-order chi connectivity index (χ0) is 12.4. The molecule has 0 amide bonds. The Hall–Kier alpha value is -2.11. The van der Waals surface area contributed by atoms with E-state index in [0.717, 1.165) is 17.8 Å². The average Bonchev–Trinajstić information content (AvgIpc) is 2.87. The van der Waals surface area contributed by atoms with Crippen LogP contribution in [0, 0.1) is 0 Å². The van der Waals surface area contributed by atoms with Gasteiger partial charge < -0.3 is 5.11 Å². The van der Waals surface area contributed by atoms with E-state index in [1.807, 2.05) is 20.0 Å². The summed E-state index contributed by atoms with van der Waals surface area (Å²) in [4.78, 5) is 10.7. The zero-order valence-corrected chi connectivity index (χ0v) is 9.79. The molecule has 0 spiro atoms. The topological polar surface area (TPSA) is 72.9 Å². The van der Waals surface area contributed by atoms with Crippen LogP contribution >= 0.6 is 0 Å². The molecule has 0 bridgehead atoms. The molecule has 90 valence electrons. The summed E-state index contributed by atoms with van der Waals surface area (Å²) in [6.45, 7) is 2.57. The molecule has 6 nitrogen and oxygen atoms in total. The SMILES string of the molecule is CCc1cc(Cn2ccc(C(=O)O)n2)n(C)n1. The maximum Gasteiger partial charge on any atom is 0.356 e. The van der Waals surface area contributed by atoms with Crippen molar-refractivity contribution in [3.05, 3.63) is 35.4 Å². The highest BCUT2D eigenvalue weighted by atomic mass is 16.4. The van der Waals surface area contributed by atoms with Crippen molar-refractivity contribution >= 4 is 5.97 Å². The van der Waals surface area contributed by atoms with Crippen LogP contribution in [0.3, 0.4) is 0 Å². The zero-order valence-electron chi connectivity index (χ0n) is 9.79. The van der Waals surface area contributed by atoms with Gasteiger partial charge in [-0.25, -0.2) is 4.79 Å². The summed E-state index contributed by atoms with van der Waals surface area (Å²) >= 11 is 0. The van der Waals surface area contributed by atoms with Gasteiger partial charge in [0, 0.05) is 13.2 Å². The van der Waals surface area contributed by atoms with E-state index in [4.69, 9.17) is 5.11 Å². The van der Waals surface area contributed by atoms with Crippen molar-refractivity contribution in [3.63, 3.8) is 0 Å². The summed E-state index contributed by atoms with van der Waals surface area (Å²) in [5.41, 5.74) is 2.08. The molecular formula is C11H14N4O2. The first kappa shape index (κ1) is 11.4. The fraction of sp³-hybridized carbons (Fsp3) is 0.364. The van der Waals surface area contributed by atoms with E-state index in [-0.39, 0.29) is 5.69 Å². The van der Waals surface area contributed by atoms with Crippen molar-refractivity contribution < 1.29 is 9.90 Å². The molecule has 6 heteroatoms. The molecule has 2 heterocycles. The van der Waals surface area contributed by atoms with Crippen LogP contribution < -0.4 is 0 Å². The minimum atomic E-state index is -1.01. The van der Waals surface area contributed by atoms with Gasteiger partial charge in [-0.1, -0.05) is 6.92 Å². The van der Waals surface area contributed by atoms with Crippen molar-refractivity contribution in [2.75, 3.05) is 0 Å². The van der Waals surface area contributed by atoms with Crippen LogP contribution in [-0.4, -0.2) is 30.6 Å². The monoisotopic (exact) mass is 234 g/mol. The van der Waals surface area contributed by atoms with Crippen LogP contribution in [0.15, 0.2) is 18.3 Å². The normalized spacial score (nSPS) is 10.7. The van der Waals surface area contributed by atoms with Gasteiger partial charge in [0.1, 0.15) is 0 Å². The molecule has 2 aromatic heterocycles. The molecule has 17 heavy (non-hydrogen) atoms. The van der Waals surface area contributed by atoms with Gasteiger partial charge >= 0.3 is 5.97 Å². The fourth-order valence-electron chi connectivity index (χ4n) is 1.62. The van der Waals surface area contributed by atoms with E-state index >= 15 is 0 Å². The molecule has 1 N–H and O–H groups in total. The Labute approximate surface area is 98.5 Å². The Morgan fingerprint density at radius 3 is 2.76 bits per heavy atom. The summed E-state index contributed by atoms with van der Waals surface area (Å²) in [6, 6.07) is 3.49.